The Morgan fingerprint density at radius 3 is 3.00 bits per heavy atom. The fraction of sp³-hybridized carbons (Fsp3) is 0.222. The molecule has 0 spiro atoms. The van der Waals surface area contributed by atoms with E-state index in [0.29, 0.717) is 0 Å². The van der Waals surface area contributed by atoms with Crippen LogP contribution in [-0.4, -0.2) is 15.3 Å². The van der Waals surface area contributed by atoms with E-state index in [9.17, 15) is 0 Å². The Kier molecular flexibility index (Phi) is 2.22. The lowest BCUT2D eigenvalue weighted by molar-refractivity contribution is 1.14. The Labute approximate surface area is 86.0 Å². The first kappa shape index (κ1) is 8.91. The van der Waals surface area contributed by atoms with E-state index in [2.05, 4.69) is 11.2 Å². The number of halogens is 1. The minimum atomic E-state index is 0.978. The number of thioether (sulfide) groups is 1. The molecule has 0 saturated carbocycles. The maximum absolute atomic E-state index is 6.09. The minimum absolute atomic E-state index is 0.978. The van der Waals surface area contributed by atoms with Crippen LogP contribution in [0.5, 0.6) is 0 Å². The summed E-state index contributed by atoms with van der Waals surface area (Å²) in [5.74, 6) is 0. The van der Waals surface area contributed by atoms with E-state index in [1.165, 1.54) is 10.3 Å². The molecule has 0 unspecified atom stereocenters. The fourth-order valence-corrected chi connectivity index (χ4v) is 2.51. The molecule has 2 heterocycles. The third-order valence-electron chi connectivity index (χ3n) is 2.08. The zero-order valence-electron chi connectivity index (χ0n) is 7.41. The van der Waals surface area contributed by atoms with Crippen molar-refractivity contribution in [3.05, 3.63) is 24.2 Å². The molecule has 0 aliphatic carbocycles. The Balaban J connectivity index is 2.90. The highest BCUT2D eigenvalue weighted by Gasteiger charge is 2.11. The molecule has 0 N–H and O–H groups in total. The van der Waals surface area contributed by atoms with Gasteiger partial charge in [-0.2, -0.15) is 0 Å². The third-order valence-corrected chi connectivity index (χ3v) is 3.44. The highest BCUT2D eigenvalue weighted by Crippen LogP contribution is 2.32. The van der Waals surface area contributed by atoms with Crippen molar-refractivity contribution < 1.29 is 0 Å². The molecule has 0 aliphatic heterocycles. The van der Waals surface area contributed by atoms with Gasteiger partial charge in [0.1, 0.15) is 0 Å². The molecular formula is C9H9ClN2S. The van der Waals surface area contributed by atoms with Gasteiger partial charge in [0, 0.05) is 33.9 Å². The molecule has 4 heteroatoms. The van der Waals surface area contributed by atoms with Gasteiger partial charge in [-0.25, -0.2) is 0 Å². The van der Waals surface area contributed by atoms with Crippen LogP contribution in [0.25, 0.3) is 10.9 Å². The van der Waals surface area contributed by atoms with Crippen molar-refractivity contribution in [2.75, 3.05) is 6.26 Å². The summed E-state index contributed by atoms with van der Waals surface area (Å²) in [6.07, 6.45) is 5.63. The van der Waals surface area contributed by atoms with Gasteiger partial charge < -0.3 is 0 Å². The van der Waals surface area contributed by atoms with Crippen LogP contribution in [0, 0.1) is 6.92 Å². The highest BCUT2D eigenvalue weighted by molar-refractivity contribution is 7.98. The Morgan fingerprint density at radius 1 is 1.54 bits per heavy atom. The summed E-state index contributed by atoms with van der Waals surface area (Å²) in [5.41, 5.74) is 2.06. The molecule has 0 aliphatic rings. The number of hydrogen-bond donors (Lipinski definition) is 0. The summed E-state index contributed by atoms with van der Waals surface area (Å²) < 4.78 is 1.66. The van der Waals surface area contributed by atoms with Gasteiger partial charge in [-0.1, -0.05) is 0 Å². The van der Waals surface area contributed by atoms with Gasteiger partial charge in [0.15, 0.2) is 0 Å². The van der Waals surface area contributed by atoms with Crippen molar-refractivity contribution in [1.82, 2.24) is 9.07 Å². The zero-order valence-corrected chi connectivity index (χ0v) is 8.99. The molecule has 0 radical (unpaired) electrons. The lowest BCUT2D eigenvalue weighted by Crippen LogP contribution is -1.82. The van der Waals surface area contributed by atoms with Crippen LogP contribution in [0.3, 0.4) is 0 Å². The molecule has 2 aromatic rings. The molecule has 0 amide bonds. The van der Waals surface area contributed by atoms with Gasteiger partial charge in [0.2, 0.25) is 0 Å². The van der Waals surface area contributed by atoms with E-state index in [0.717, 1.165) is 11.2 Å². The molecule has 0 saturated heterocycles. The van der Waals surface area contributed by atoms with E-state index in [1.54, 1.807) is 28.2 Å². The maximum Gasteiger partial charge on any atom is 0.0845 e. The summed E-state index contributed by atoms with van der Waals surface area (Å²) in [6.45, 7) is 2.01. The number of aromatic nitrogens is 2. The SMILES string of the molecule is CSc1c(C)n(Cl)c2cnccc12. The van der Waals surface area contributed by atoms with Crippen LogP contribution in [0.4, 0.5) is 0 Å². The molecule has 2 nitrogen and oxygen atoms in total. The van der Waals surface area contributed by atoms with Crippen molar-refractivity contribution in [3.63, 3.8) is 0 Å². The summed E-state index contributed by atoms with van der Waals surface area (Å²) in [7, 11) is 0. The van der Waals surface area contributed by atoms with Crippen LogP contribution in [-0.2, 0) is 0 Å². The van der Waals surface area contributed by atoms with E-state index >= 15 is 0 Å². The van der Waals surface area contributed by atoms with Gasteiger partial charge in [-0.15, -0.1) is 11.8 Å². The molecule has 2 rings (SSSR count). The lowest BCUT2D eigenvalue weighted by atomic mass is 10.3. The molecule has 2 aromatic heterocycles. The van der Waals surface area contributed by atoms with Crippen LogP contribution in [0.2, 0.25) is 0 Å². The monoisotopic (exact) mass is 212 g/mol. The van der Waals surface area contributed by atoms with E-state index in [-0.39, 0.29) is 0 Å². The molecule has 0 atom stereocenters. The standard InChI is InChI=1S/C9H9ClN2S/c1-6-9(13-2)7-3-4-11-5-8(7)12(6)10/h3-5H,1-2H3. The highest BCUT2D eigenvalue weighted by atomic mass is 35.5. The average molecular weight is 213 g/mol. The summed E-state index contributed by atoms with van der Waals surface area (Å²) in [6, 6.07) is 1.99. The molecular weight excluding hydrogens is 204 g/mol. The van der Waals surface area contributed by atoms with Crippen LogP contribution >= 0.6 is 23.5 Å². The van der Waals surface area contributed by atoms with Gasteiger partial charge >= 0.3 is 0 Å². The number of pyridine rings is 1. The predicted molar refractivity (Wildman–Crippen MR) is 57.5 cm³/mol. The second-order valence-electron chi connectivity index (χ2n) is 2.79. The number of nitrogens with zero attached hydrogens (tertiary/aromatic N) is 2. The summed E-state index contributed by atoms with van der Waals surface area (Å²) in [5, 5.41) is 1.18. The first-order valence-electron chi connectivity index (χ1n) is 3.91. The Morgan fingerprint density at radius 2 is 2.31 bits per heavy atom. The number of rotatable bonds is 1. The van der Waals surface area contributed by atoms with Crippen molar-refractivity contribution in [1.29, 1.82) is 0 Å². The van der Waals surface area contributed by atoms with Gasteiger partial charge in [0.05, 0.1) is 11.7 Å². The first-order valence-corrected chi connectivity index (χ1v) is 5.47. The van der Waals surface area contributed by atoms with E-state index in [4.69, 9.17) is 11.8 Å². The van der Waals surface area contributed by atoms with Crippen LogP contribution < -0.4 is 0 Å². The smallest absolute Gasteiger partial charge is 0.0845 e. The van der Waals surface area contributed by atoms with Gasteiger partial charge in [-0.05, 0) is 19.2 Å². The second-order valence-corrected chi connectivity index (χ2v) is 3.95. The normalized spacial score (nSPS) is 11.0. The number of hydrogen-bond acceptors (Lipinski definition) is 2. The zero-order chi connectivity index (χ0) is 9.42. The molecule has 0 bridgehead atoms. The second kappa shape index (κ2) is 3.24. The summed E-state index contributed by atoms with van der Waals surface area (Å²) in [4.78, 5) is 5.28. The molecule has 13 heavy (non-hydrogen) atoms. The number of fused-ring (bicyclic) bond motifs is 1. The van der Waals surface area contributed by atoms with E-state index < -0.39 is 0 Å². The topological polar surface area (TPSA) is 17.8 Å². The third kappa shape index (κ3) is 1.23. The van der Waals surface area contributed by atoms with Crippen molar-refractivity contribution in [2.24, 2.45) is 0 Å². The Bertz CT molecular complexity index is 450. The fourth-order valence-electron chi connectivity index (χ4n) is 1.46. The largest absolute Gasteiger partial charge is 0.262 e. The maximum atomic E-state index is 6.09. The van der Waals surface area contributed by atoms with E-state index in [1.807, 2.05) is 13.0 Å². The van der Waals surface area contributed by atoms with Crippen molar-refractivity contribution >= 4 is 34.4 Å². The predicted octanol–water partition coefficient (Wildman–Crippen LogP) is 3.07. The first-order chi connectivity index (χ1) is 6.25. The Hall–Kier alpha value is -0.670. The van der Waals surface area contributed by atoms with Crippen LogP contribution in [0.15, 0.2) is 23.4 Å². The van der Waals surface area contributed by atoms with Gasteiger partial charge in [0.25, 0.3) is 0 Å². The van der Waals surface area contributed by atoms with Crippen molar-refractivity contribution in [2.45, 2.75) is 11.8 Å². The molecule has 0 aromatic carbocycles. The van der Waals surface area contributed by atoms with Gasteiger partial charge in [-0.3, -0.25) is 9.07 Å². The minimum Gasteiger partial charge on any atom is -0.262 e. The quantitative estimate of drug-likeness (QED) is 0.677. The van der Waals surface area contributed by atoms with Crippen LogP contribution in [0.1, 0.15) is 5.69 Å². The average Bonchev–Trinajstić information content (AvgIpc) is 2.41. The summed E-state index contributed by atoms with van der Waals surface area (Å²) >= 11 is 7.80. The molecule has 68 valence electrons. The van der Waals surface area contributed by atoms with Crippen molar-refractivity contribution in [3.8, 4) is 0 Å². The lowest BCUT2D eigenvalue weighted by Gasteiger charge is -1.94. The molecule has 0 fully saturated rings.